The molecular formula is C19H21FN4O. The summed E-state index contributed by atoms with van der Waals surface area (Å²) >= 11 is 0. The van der Waals surface area contributed by atoms with Gasteiger partial charge in [-0.3, -0.25) is 4.79 Å². The van der Waals surface area contributed by atoms with E-state index >= 15 is 0 Å². The van der Waals surface area contributed by atoms with Gasteiger partial charge in [-0.05, 0) is 37.1 Å². The molecule has 0 saturated carbocycles. The van der Waals surface area contributed by atoms with Crippen molar-refractivity contribution in [3.8, 4) is 0 Å². The number of amides is 1. The Labute approximate surface area is 146 Å². The van der Waals surface area contributed by atoms with Crippen molar-refractivity contribution in [1.29, 1.82) is 0 Å². The lowest BCUT2D eigenvalue weighted by molar-refractivity contribution is -0.131. The van der Waals surface area contributed by atoms with Crippen LogP contribution in [0.25, 0.3) is 0 Å². The number of carbonyl (C=O) groups excluding carboxylic acids is 1. The van der Waals surface area contributed by atoms with E-state index < -0.39 is 0 Å². The molecular weight excluding hydrogens is 319 g/mol. The summed E-state index contributed by atoms with van der Waals surface area (Å²) in [7, 11) is 0. The van der Waals surface area contributed by atoms with E-state index in [0.717, 1.165) is 48.5 Å². The molecule has 2 aliphatic rings. The molecule has 130 valence electrons. The summed E-state index contributed by atoms with van der Waals surface area (Å²) in [4.78, 5) is 23.6. The fraction of sp³-hybridized carbons (Fsp3) is 0.421. The van der Waals surface area contributed by atoms with Crippen molar-refractivity contribution in [2.24, 2.45) is 0 Å². The number of hydrogen-bond donors (Lipinski definition) is 1. The summed E-state index contributed by atoms with van der Waals surface area (Å²) in [5.41, 5.74) is 2.92. The SMILES string of the molecule is O=C(Cc1ccc(F)cc1)N1CCc2nc([C@@H]3CCCN3)ncc2C1. The number of fused-ring (bicyclic) bond motifs is 1. The van der Waals surface area contributed by atoms with Crippen molar-refractivity contribution in [3.05, 3.63) is 58.9 Å². The number of hydrogen-bond acceptors (Lipinski definition) is 4. The molecule has 25 heavy (non-hydrogen) atoms. The number of carbonyl (C=O) groups is 1. The van der Waals surface area contributed by atoms with Gasteiger partial charge < -0.3 is 10.2 Å². The summed E-state index contributed by atoms with van der Waals surface area (Å²) in [6, 6.07) is 6.37. The number of benzene rings is 1. The Morgan fingerprint density at radius 2 is 2.16 bits per heavy atom. The van der Waals surface area contributed by atoms with Crippen molar-refractivity contribution in [1.82, 2.24) is 20.2 Å². The highest BCUT2D eigenvalue weighted by Crippen LogP contribution is 2.23. The second-order valence-electron chi connectivity index (χ2n) is 6.72. The molecule has 2 aliphatic heterocycles. The van der Waals surface area contributed by atoms with Crippen LogP contribution in [0, 0.1) is 5.82 Å². The van der Waals surface area contributed by atoms with Gasteiger partial charge in [-0.25, -0.2) is 14.4 Å². The van der Waals surface area contributed by atoms with E-state index in [4.69, 9.17) is 4.98 Å². The first-order valence-electron chi connectivity index (χ1n) is 8.79. The van der Waals surface area contributed by atoms with Crippen LogP contribution in [0.1, 0.15) is 41.5 Å². The highest BCUT2D eigenvalue weighted by Gasteiger charge is 2.25. The maximum absolute atomic E-state index is 13.0. The number of rotatable bonds is 3. The van der Waals surface area contributed by atoms with Crippen LogP contribution in [-0.2, 0) is 24.2 Å². The minimum Gasteiger partial charge on any atom is -0.338 e. The van der Waals surface area contributed by atoms with Gasteiger partial charge in [-0.15, -0.1) is 0 Å². The number of nitrogens with zero attached hydrogens (tertiary/aromatic N) is 3. The molecule has 1 fully saturated rings. The van der Waals surface area contributed by atoms with Gasteiger partial charge in [0.1, 0.15) is 11.6 Å². The van der Waals surface area contributed by atoms with E-state index in [2.05, 4.69) is 10.3 Å². The Balaban J connectivity index is 1.43. The van der Waals surface area contributed by atoms with E-state index in [0.29, 0.717) is 19.5 Å². The second kappa shape index (κ2) is 6.88. The Hall–Kier alpha value is -2.34. The third-order valence-corrected chi connectivity index (χ3v) is 4.95. The van der Waals surface area contributed by atoms with Crippen molar-refractivity contribution >= 4 is 5.91 Å². The standard InChI is InChI=1S/C19H21FN4O/c20-15-5-3-13(4-6-15)10-18(25)24-9-7-16-14(12-24)11-22-19(23-16)17-2-1-8-21-17/h3-6,11,17,21H,1-2,7-10,12H2/t17-/m0/s1. The molecule has 1 saturated heterocycles. The Bertz CT molecular complexity index is 771. The first-order valence-corrected chi connectivity index (χ1v) is 8.79. The molecule has 1 aromatic carbocycles. The third-order valence-electron chi connectivity index (χ3n) is 4.95. The summed E-state index contributed by atoms with van der Waals surface area (Å²) in [5, 5.41) is 3.42. The number of nitrogens with one attached hydrogen (secondary N) is 1. The Kier molecular flexibility index (Phi) is 4.44. The Morgan fingerprint density at radius 3 is 2.92 bits per heavy atom. The van der Waals surface area contributed by atoms with Crippen LogP contribution in [0.2, 0.25) is 0 Å². The second-order valence-corrected chi connectivity index (χ2v) is 6.72. The lowest BCUT2D eigenvalue weighted by Crippen LogP contribution is -2.37. The lowest BCUT2D eigenvalue weighted by atomic mass is 10.0. The van der Waals surface area contributed by atoms with Gasteiger partial charge in [0.25, 0.3) is 0 Å². The van der Waals surface area contributed by atoms with Crippen molar-refractivity contribution in [2.45, 2.75) is 38.3 Å². The van der Waals surface area contributed by atoms with Crippen molar-refractivity contribution in [3.63, 3.8) is 0 Å². The van der Waals surface area contributed by atoms with Gasteiger partial charge in [0.15, 0.2) is 0 Å². The van der Waals surface area contributed by atoms with Gasteiger partial charge >= 0.3 is 0 Å². The van der Waals surface area contributed by atoms with E-state index in [1.807, 2.05) is 11.1 Å². The minimum atomic E-state index is -0.284. The van der Waals surface area contributed by atoms with Crippen LogP contribution in [-0.4, -0.2) is 33.9 Å². The van der Waals surface area contributed by atoms with Gasteiger partial charge in [-0.1, -0.05) is 12.1 Å². The zero-order valence-electron chi connectivity index (χ0n) is 14.0. The zero-order chi connectivity index (χ0) is 17.2. The van der Waals surface area contributed by atoms with Gasteiger partial charge in [-0.2, -0.15) is 0 Å². The molecule has 0 radical (unpaired) electrons. The van der Waals surface area contributed by atoms with Gasteiger partial charge in [0, 0.05) is 31.3 Å². The van der Waals surface area contributed by atoms with E-state index in [9.17, 15) is 9.18 Å². The molecule has 1 amide bonds. The molecule has 3 heterocycles. The molecule has 4 rings (SSSR count). The van der Waals surface area contributed by atoms with Gasteiger partial charge in [0.05, 0.1) is 18.2 Å². The highest BCUT2D eigenvalue weighted by atomic mass is 19.1. The van der Waals surface area contributed by atoms with Crippen LogP contribution in [0.15, 0.2) is 30.5 Å². The topological polar surface area (TPSA) is 58.1 Å². The molecule has 5 nitrogen and oxygen atoms in total. The maximum Gasteiger partial charge on any atom is 0.227 e. The quantitative estimate of drug-likeness (QED) is 0.930. The average Bonchev–Trinajstić information content (AvgIpc) is 3.17. The smallest absolute Gasteiger partial charge is 0.227 e. The van der Waals surface area contributed by atoms with E-state index in [-0.39, 0.29) is 17.8 Å². The third kappa shape index (κ3) is 3.54. The molecule has 0 unspecified atom stereocenters. The fourth-order valence-electron chi connectivity index (χ4n) is 3.51. The molecule has 0 bridgehead atoms. The molecule has 2 aromatic rings. The summed E-state index contributed by atoms with van der Waals surface area (Å²) in [5.74, 6) is 0.647. The number of aromatic nitrogens is 2. The largest absolute Gasteiger partial charge is 0.338 e. The summed E-state index contributed by atoms with van der Waals surface area (Å²) in [6.07, 6.45) is 5.17. The molecule has 1 atom stereocenters. The van der Waals surface area contributed by atoms with Crippen LogP contribution in [0.4, 0.5) is 4.39 Å². The van der Waals surface area contributed by atoms with E-state index in [1.54, 1.807) is 12.1 Å². The first kappa shape index (κ1) is 16.1. The molecule has 6 heteroatoms. The highest BCUT2D eigenvalue weighted by molar-refractivity contribution is 5.79. The van der Waals surface area contributed by atoms with Crippen LogP contribution < -0.4 is 5.32 Å². The van der Waals surface area contributed by atoms with Gasteiger partial charge in [0.2, 0.25) is 5.91 Å². The lowest BCUT2D eigenvalue weighted by Gasteiger charge is -2.28. The van der Waals surface area contributed by atoms with Crippen molar-refractivity contribution < 1.29 is 9.18 Å². The van der Waals surface area contributed by atoms with Crippen molar-refractivity contribution in [2.75, 3.05) is 13.1 Å². The van der Waals surface area contributed by atoms with E-state index in [1.165, 1.54) is 12.1 Å². The Morgan fingerprint density at radius 1 is 1.32 bits per heavy atom. The molecule has 0 spiro atoms. The summed E-state index contributed by atoms with van der Waals surface area (Å²) < 4.78 is 13.0. The normalized spacial score (nSPS) is 19.7. The predicted molar refractivity (Wildman–Crippen MR) is 91.2 cm³/mol. The molecule has 0 aliphatic carbocycles. The average molecular weight is 340 g/mol. The number of halogens is 1. The zero-order valence-corrected chi connectivity index (χ0v) is 14.0. The van der Waals surface area contributed by atoms with Crippen LogP contribution in [0.3, 0.4) is 0 Å². The molecule has 1 N–H and O–H groups in total. The maximum atomic E-state index is 13.0. The first-order chi connectivity index (χ1) is 12.2. The minimum absolute atomic E-state index is 0.0544. The van der Waals surface area contributed by atoms with Crippen LogP contribution >= 0.6 is 0 Å². The fourth-order valence-corrected chi connectivity index (χ4v) is 3.51. The molecule has 1 aromatic heterocycles. The van der Waals surface area contributed by atoms with Crippen LogP contribution in [0.5, 0.6) is 0 Å². The monoisotopic (exact) mass is 340 g/mol. The predicted octanol–water partition coefficient (Wildman–Crippen LogP) is 2.17. The summed E-state index contributed by atoms with van der Waals surface area (Å²) in [6.45, 7) is 2.24.